The van der Waals surface area contributed by atoms with Crippen LogP contribution >= 0.6 is 0 Å². The summed E-state index contributed by atoms with van der Waals surface area (Å²) in [7, 11) is 1.35. The molecule has 1 fully saturated rings. The molecule has 0 aliphatic carbocycles. The zero-order chi connectivity index (χ0) is 12.8. The van der Waals surface area contributed by atoms with Crippen molar-refractivity contribution in [3.05, 3.63) is 29.6 Å². The average Bonchev–Trinajstić information content (AvgIpc) is 2.92. The van der Waals surface area contributed by atoms with Crippen LogP contribution in [-0.4, -0.2) is 37.9 Å². The van der Waals surface area contributed by atoms with Crippen molar-refractivity contribution in [1.29, 1.82) is 0 Å². The van der Waals surface area contributed by atoms with Gasteiger partial charge in [-0.25, -0.2) is 4.79 Å². The summed E-state index contributed by atoms with van der Waals surface area (Å²) in [4.78, 5) is 15.4. The maximum absolute atomic E-state index is 11.2. The Morgan fingerprint density at radius 2 is 2.44 bits per heavy atom. The molecule has 0 spiro atoms. The van der Waals surface area contributed by atoms with Gasteiger partial charge >= 0.3 is 5.97 Å². The number of ether oxygens (including phenoxy) is 3. The Morgan fingerprint density at radius 3 is 3.06 bits per heavy atom. The van der Waals surface area contributed by atoms with Crippen LogP contribution in [0.2, 0.25) is 0 Å². The van der Waals surface area contributed by atoms with E-state index in [0.717, 1.165) is 25.3 Å². The van der Waals surface area contributed by atoms with Crippen LogP contribution in [-0.2, 0) is 20.8 Å². The molecular formula is C13H17NO4. The SMILES string of the molecule is COC(=O)c1ccc(COCC2CCOC2)nc1. The van der Waals surface area contributed by atoms with Gasteiger partial charge in [-0.3, -0.25) is 4.98 Å². The highest BCUT2D eigenvalue weighted by molar-refractivity contribution is 5.88. The summed E-state index contributed by atoms with van der Waals surface area (Å²) in [5.41, 5.74) is 1.26. The Labute approximate surface area is 106 Å². The maximum Gasteiger partial charge on any atom is 0.339 e. The summed E-state index contributed by atoms with van der Waals surface area (Å²) < 4.78 is 15.4. The fourth-order valence-corrected chi connectivity index (χ4v) is 1.79. The van der Waals surface area contributed by atoms with Gasteiger partial charge in [0, 0.05) is 18.7 Å². The molecule has 1 atom stereocenters. The van der Waals surface area contributed by atoms with Crippen LogP contribution in [0, 0.1) is 5.92 Å². The predicted octanol–water partition coefficient (Wildman–Crippen LogP) is 1.42. The van der Waals surface area contributed by atoms with Gasteiger partial charge in [0.2, 0.25) is 0 Å². The molecule has 1 unspecified atom stereocenters. The Bertz CT molecular complexity index is 384. The average molecular weight is 251 g/mol. The van der Waals surface area contributed by atoms with E-state index < -0.39 is 0 Å². The van der Waals surface area contributed by atoms with E-state index in [4.69, 9.17) is 9.47 Å². The van der Waals surface area contributed by atoms with Crippen LogP contribution in [0.3, 0.4) is 0 Å². The van der Waals surface area contributed by atoms with E-state index in [9.17, 15) is 4.79 Å². The number of hydrogen-bond donors (Lipinski definition) is 0. The number of nitrogens with zero attached hydrogens (tertiary/aromatic N) is 1. The lowest BCUT2D eigenvalue weighted by atomic mass is 10.1. The van der Waals surface area contributed by atoms with E-state index in [1.807, 2.05) is 0 Å². The number of carbonyl (C=O) groups excluding carboxylic acids is 1. The molecular weight excluding hydrogens is 234 g/mol. The third-order valence-corrected chi connectivity index (χ3v) is 2.87. The first-order chi connectivity index (χ1) is 8.79. The van der Waals surface area contributed by atoms with Crippen molar-refractivity contribution in [2.75, 3.05) is 26.9 Å². The number of aromatic nitrogens is 1. The molecule has 2 rings (SSSR count). The standard InChI is InChI=1S/C13H17NO4/c1-16-13(15)11-2-3-12(14-6-11)9-18-8-10-4-5-17-7-10/h2-3,6,10H,4-5,7-9H2,1H3. The summed E-state index contributed by atoms with van der Waals surface area (Å²) >= 11 is 0. The summed E-state index contributed by atoms with van der Waals surface area (Å²) in [6.07, 6.45) is 2.57. The van der Waals surface area contributed by atoms with Crippen molar-refractivity contribution in [1.82, 2.24) is 4.98 Å². The lowest BCUT2D eigenvalue weighted by molar-refractivity contribution is 0.0599. The topological polar surface area (TPSA) is 57.7 Å². The van der Waals surface area contributed by atoms with E-state index in [2.05, 4.69) is 9.72 Å². The number of pyridine rings is 1. The van der Waals surface area contributed by atoms with Gasteiger partial charge in [0.1, 0.15) is 0 Å². The summed E-state index contributed by atoms with van der Waals surface area (Å²) in [6.45, 7) is 2.77. The molecule has 0 aromatic carbocycles. The van der Waals surface area contributed by atoms with E-state index in [0.29, 0.717) is 24.7 Å². The van der Waals surface area contributed by atoms with Gasteiger partial charge in [-0.15, -0.1) is 0 Å². The molecule has 5 heteroatoms. The molecule has 0 bridgehead atoms. The van der Waals surface area contributed by atoms with E-state index >= 15 is 0 Å². The smallest absolute Gasteiger partial charge is 0.339 e. The molecule has 0 N–H and O–H groups in total. The highest BCUT2D eigenvalue weighted by Gasteiger charge is 2.15. The fraction of sp³-hybridized carbons (Fsp3) is 0.538. The molecule has 0 saturated carbocycles. The van der Waals surface area contributed by atoms with Gasteiger partial charge in [-0.1, -0.05) is 0 Å². The fourth-order valence-electron chi connectivity index (χ4n) is 1.79. The third-order valence-electron chi connectivity index (χ3n) is 2.87. The minimum atomic E-state index is -0.377. The minimum absolute atomic E-state index is 0.377. The molecule has 0 amide bonds. The Kier molecular flexibility index (Phi) is 4.66. The van der Waals surface area contributed by atoms with Gasteiger partial charge in [0.05, 0.1) is 38.2 Å². The molecule has 2 heterocycles. The van der Waals surface area contributed by atoms with Gasteiger partial charge in [0.25, 0.3) is 0 Å². The van der Waals surface area contributed by atoms with E-state index in [-0.39, 0.29) is 5.97 Å². The quantitative estimate of drug-likeness (QED) is 0.741. The third kappa shape index (κ3) is 3.51. The van der Waals surface area contributed by atoms with E-state index in [1.54, 1.807) is 12.1 Å². The van der Waals surface area contributed by atoms with Crippen molar-refractivity contribution in [3.8, 4) is 0 Å². The van der Waals surface area contributed by atoms with Crippen molar-refractivity contribution in [3.63, 3.8) is 0 Å². The molecule has 1 aliphatic heterocycles. The van der Waals surface area contributed by atoms with Gasteiger partial charge in [-0.05, 0) is 18.6 Å². The van der Waals surface area contributed by atoms with Gasteiger partial charge in [-0.2, -0.15) is 0 Å². The van der Waals surface area contributed by atoms with Crippen LogP contribution in [0.4, 0.5) is 0 Å². The number of carbonyl (C=O) groups is 1. The van der Waals surface area contributed by atoms with Crippen LogP contribution in [0.25, 0.3) is 0 Å². The zero-order valence-electron chi connectivity index (χ0n) is 10.4. The largest absolute Gasteiger partial charge is 0.465 e. The first kappa shape index (κ1) is 13.0. The number of esters is 1. The molecule has 1 aromatic heterocycles. The predicted molar refractivity (Wildman–Crippen MR) is 64.2 cm³/mol. The minimum Gasteiger partial charge on any atom is -0.465 e. The van der Waals surface area contributed by atoms with Crippen molar-refractivity contribution in [2.45, 2.75) is 13.0 Å². The first-order valence-electron chi connectivity index (χ1n) is 5.98. The highest BCUT2D eigenvalue weighted by Crippen LogP contribution is 2.13. The summed E-state index contributed by atoms with van der Waals surface area (Å²) in [5, 5.41) is 0. The van der Waals surface area contributed by atoms with Crippen molar-refractivity contribution >= 4 is 5.97 Å². The Balaban J connectivity index is 1.77. The number of rotatable bonds is 5. The first-order valence-corrected chi connectivity index (χ1v) is 5.98. The molecule has 5 nitrogen and oxygen atoms in total. The second-order valence-corrected chi connectivity index (χ2v) is 4.27. The van der Waals surface area contributed by atoms with Crippen LogP contribution in [0.1, 0.15) is 22.5 Å². The van der Waals surface area contributed by atoms with Crippen molar-refractivity contribution < 1.29 is 19.0 Å². The molecule has 1 saturated heterocycles. The van der Waals surface area contributed by atoms with Gasteiger partial charge < -0.3 is 14.2 Å². The van der Waals surface area contributed by atoms with Gasteiger partial charge in [0.15, 0.2) is 0 Å². The number of hydrogen-bond acceptors (Lipinski definition) is 5. The summed E-state index contributed by atoms with van der Waals surface area (Å²) in [6, 6.07) is 3.47. The summed E-state index contributed by atoms with van der Waals surface area (Å²) in [5.74, 6) is 0.123. The Morgan fingerprint density at radius 1 is 1.56 bits per heavy atom. The van der Waals surface area contributed by atoms with Crippen molar-refractivity contribution in [2.24, 2.45) is 5.92 Å². The van der Waals surface area contributed by atoms with Crippen LogP contribution < -0.4 is 0 Å². The zero-order valence-corrected chi connectivity index (χ0v) is 10.4. The lowest BCUT2D eigenvalue weighted by Crippen LogP contribution is -2.10. The Hall–Kier alpha value is -1.46. The lowest BCUT2D eigenvalue weighted by Gasteiger charge is -2.08. The van der Waals surface area contributed by atoms with E-state index in [1.165, 1.54) is 13.3 Å². The molecule has 1 aliphatic rings. The second kappa shape index (κ2) is 6.47. The number of methoxy groups -OCH3 is 1. The normalized spacial score (nSPS) is 18.8. The molecule has 98 valence electrons. The monoisotopic (exact) mass is 251 g/mol. The molecule has 1 aromatic rings. The second-order valence-electron chi connectivity index (χ2n) is 4.27. The van der Waals surface area contributed by atoms with Crippen LogP contribution in [0.15, 0.2) is 18.3 Å². The highest BCUT2D eigenvalue weighted by atomic mass is 16.5. The van der Waals surface area contributed by atoms with Crippen LogP contribution in [0.5, 0.6) is 0 Å². The molecule has 18 heavy (non-hydrogen) atoms. The molecule has 0 radical (unpaired) electrons. The maximum atomic E-state index is 11.2.